The number of nitrogens with zero attached hydrogens (tertiary/aromatic N) is 4. The Hall–Kier alpha value is -1.95. The van der Waals surface area contributed by atoms with Crippen molar-refractivity contribution in [3.63, 3.8) is 0 Å². The molecule has 1 aliphatic rings. The van der Waals surface area contributed by atoms with Gasteiger partial charge >= 0.3 is 0 Å². The molecule has 3 rings (SSSR count). The lowest BCUT2D eigenvalue weighted by Gasteiger charge is -2.24. The number of rotatable bonds is 6. The second-order valence-electron chi connectivity index (χ2n) is 6.00. The minimum Gasteiger partial charge on any atom is -0.489 e. The smallest absolute Gasteiger partial charge is 0.165 e. The molecule has 5 nitrogen and oxygen atoms in total. The van der Waals surface area contributed by atoms with E-state index in [1.807, 2.05) is 18.5 Å². The molecule has 1 aromatic heterocycles. The first-order chi connectivity index (χ1) is 11.1. The Morgan fingerprint density at radius 3 is 2.87 bits per heavy atom. The standard InChI is InChI=1S/C17H23FN4O/c1-13-19-14(2)22(20-13)12-15-6-5-9-21(15)10-11-23-17-8-4-3-7-16(17)18/h3-4,7-8,15H,5-6,9-12H2,1-2H3. The molecule has 0 bridgehead atoms. The quantitative estimate of drug-likeness (QED) is 0.821. The maximum Gasteiger partial charge on any atom is 0.165 e. The number of aryl methyl sites for hydroxylation is 2. The zero-order valence-electron chi connectivity index (χ0n) is 13.7. The van der Waals surface area contributed by atoms with E-state index in [4.69, 9.17) is 4.74 Å². The minimum atomic E-state index is -0.306. The molecule has 6 heteroatoms. The van der Waals surface area contributed by atoms with E-state index in [1.54, 1.807) is 18.2 Å². The van der Waals surface area contributed by atoms with Crippen LogP contribution < -0.4 is 4.74 Å². The second kappa shape index (κ2) is 7.08. The first-order valence-electron chi connectivity index (χ1n) is 8.13. The number of para-hydroxylation sites is 1. The van der Waals surface area contributed by atoms with Crippen LogP contribution in [0.4, 0.5) is 4.39 Å². The summed E-state index contributed by atoms with van der Waals surface area (Å²) >= 11 is 0. The van der Waals surface area contributed by atoms with Gasteiger partial charge in [-0.05, 0) is 45.4 Å². The lowest BCUT2D eigenvalue weighted by atomic mass is 10.2. The molecule has 124 valence electrons. The van der Waals surface area contributed by atoms with Crippen molar-refractivity contribution in [2.75, 3.05) is 19.7 Å². The van der Waals surface area contributed by atoms with Gasteiger partial charge in [-0.1, -0.05) is 12.1 Å². The SMILES string of the molecule is Cc1nc(C)n(CC2CCCN2CCOc2ccccc2F)n1. The third kappa shape index (κ3) is 3.88. The van der Waals surface area contributed by atoms with Gasteiger partial charge in [-0.2, -0.15) is 5.10 Å². The van der Waals surface area contributed by atoms with E-state index in [0.29, 0.717) is 18.4 Å². The van der Waals surface area contributed by atoms with Gasteiger partial charge in [0.2, 0.25) is 0 Å². The highest BCUT2D eigenvalue weighted by atomic mass is 19.1. The molecule has 0 aliphatic carbocycles. The highest BCUT2D eigenvalue weighted by Crippen LogP contribution is 2.20. The average Bonchev–Trinajstić information content (AvgIpc) is 3.08. The Labute approximate surface area is 136 Å². The number of halogens is 1. The molecule has 0 radical (unpaired) electrons. The first-order valence-corrected chi connectivity index (χ1v) is 8.13. The minimum absolute atomic E-state index is 0.306. The van der Waals surface area contributed by atoms with Crippen LogP contribution in [0.1, 0.15) is 24.5 Å². The Balaban J connectivity index is 1.53. The van der Waals surface area contributed by atoms with Crippen molar-refractivity contribution in [3.05, 3.63) is 41.7 Å². The molecule has 1 saturated heterocycles. The first kappa shape index (κ1) is 15.9. The van der Waals surface area contributed by atoms with Crippen LogP contribution in [-0.4, -0.2) is 45.4 Å². The van der Waals surface area contributed by atoms with Crippen molar-refractivity contribution in [2.24, 2.45) is 0 Å². The predicted octanol–water partition coefficient (Wildman–Crippen LogP) is 2.58. The summed E-state index contributed by atoms with van der Waals surface area (Å²) in [5.41, 5.74) is 0. The number of benzene rings is 1. The molecule has 0 N–H and O–H groups in total. The normalized spacial score (nSPS) is 18.5. The summed E-state index contributed by atoms with van der Waals surface area (Å²) in [6.07, 6.45) is 2.33. The van der Waals surface area contributed by atoms with Gasteiger partial charge in [0, 0.05) is 12.6 Å². The fourth-order valence-corrected chi connectivity index (χ4v) is 3.16. The van der Waals surface area contributed by atoms with Crippen LogP contribution in [0.5, 0.6) is 5.75 Å². The maximum atomic E-state index is 13.5. The van der Waals surface area contributed by atoms with Crippen molar-refractivity contribution in [1.29, 1.82) is 0 Å². The van der Waals surface area contributed by atoms with Crippen LogP contribution in [-0.2, 0) is 6.54 Å². The topological polar surface area (TPSA) is 43.2 Å². The fourth-order valence-electron chi connectivity index (χ4n) is 3.16. The summed E-state index contributed by atoms with van der Waals surface area (Å²) in [5.74, 6) is 1.79. The zero-order chi connectivity index (χ0) is 16.2. The number of ether oxygens (including phenoxy) is 1. The van der Waals surface area contributed by atoms with E-state index in [9.17, 15) is 4.39 Å². The number of hydrogen-bond acceptors (Lipinski definition) is 4. The molecule has 0 spiro atoms. The van der Waals surface area contributed by atoms with Gasteiger partial charge in [0.15, 0.2) is 11.6 Å². The molecule has 1 aromatic carbocycles. The van der Waals surface area contributed by atoms with Gasteiger partial charge in [-0.25, -0.2) is 14.1 Å². The lowest BCUT2D eigenvalue weighted by molar-refractivity contribution is 0.178. The summed E-state index contributed by atoms with van der Waals surface area (Å²) in [5, 5.41) is 4.45. The number of aromatic nitrogens is 3. The van der Waals surface area contributed by atoms with E-state index < -0.39 is 0 Å². The fraction of sp³-hybridized carbons (Fsp3) is 0.529. The Bertz CT molecular complexity index is 658. The van der Waals surface area contributed by atoms with Gasteiger partial charge in [0.05, 0.1) is 6.54 Å². The van der Waals surface area contributed by atoms with Gasteiger partial charge in [-0.3, -0.25) is 4.90 Å². The van der Waals surface area contributed by atoms with Crippen molar-refractivity contribution in [1.82, 2.24) is 19.7 Å². The summed E-state index contributed by atoms with van der Waals surface area (Å²) in [6, 6.07) is 6.98. The Morgan fingerprint density at radius 2 is 2.13 bits per heavy atom. The average molecular weight is 318 g/mol. The second-order valence-corrected chi connectivity index (χ2v) is 6.00. The molecule has 0 amide bonds. The maximum absolute atomic E-state index is 13.5. The summed E-state index contributed by atoms with van der Waals surface area (Å²) in [7, 11) is 0. The monoisotopic (exact) mass is 318 g/mol. The van der Waals surface area contributed by atoms with Gasteiger partial charge in [0.25, 0.3) is 0 Å². The molecule has 1 atom stereocenters. The van der Waals surface area contributed by atoms with Crippen molar-refractivity contribution in [3.8, 4) is 5.75 Å². The van der Waals surface area contributed by atoms with E-state index >= 15 is 0 Å². The lowest BCUT2D eigenvalue weighted by Crippen LogP contribution is -2.36. The molecule has 2 heterocycles. The van der Waals surface area contributed by atoms with Crippen molar-refractivity contribution in [2.45, 2.75) is 39.3 Å². The molecule has 1 unspecified atom stereocenters. The summed E-state index contributed by atoms with van der Waals surface area (Å²) < 4.78 is 21.1. The third-order valence-electron chi connectivity index (χ3n) is 4.32. The van der Waals surface area contributed by atoms with Crippen LogP contribution in [0.15, 0.2) is 24.3 Å². The van der Waals surface area contributed by atoms with Crippen molar-refractivity contribution < 1.29 is 9.13 Å². The third-order valence-corrected chi connectivity index (χ3v) is 4.32. The molecule has 1 fully saturated rings. The highest BCUT2D eigenvalue weighted by molar-refractivity contribution is 5.23. The zero-order valence-corrected chi connectivity index (χ0v) is 13.7. The van der Waals surface area contributed by atoms with Crippen LogP contribution in [0.3, 0.4) is 0 Å². The molecular formula is C17H23FN4O. The van der Waals surface area contributed by atoms with Gasteiger partial charge in [0.1, 0.15) is 18.3 Å². The highest BCUT2D eigenvalue weighted by Gasteiger charge is 2.25. The van der Waals surface area contributed by atoms with E-state index in [1.165, 1.54) is 12.5 Å². The molecule has 2 aromatic rings. The van der Waals surface area contributed by atoms with Crippen LogP contribution in [0.2, 0.25) is 0 Å². The van der Waals surface area contributed by atoms with Crippen LogP contribution >= 0.6 is 0 Å². The van der Waals surface area contributed by atoms with E-state index in [-0.39, 0.29) is 5.82 Å². The van der Waals surface area contributed by atoms with Crippen LogP contribution in [0.25, 0.3) is 0 Å². The summed E-state index contributed by atoms with van der Waals surface area (Å²) in [4.78, 5) is 6.76. The predicted molar refractivity (Wildman–Crippen MR) is 86.0 cm³/mol. The Kier molecular flexibility index (Phi) is 4.91. The van der Waals surface area contributed by atoms with Gasteiger partial charge < -0.3 is 4.74 Å². The molecule has 23 heavy (non-hydrogen) atoms. The van der Waals surface area contributed by atoms with E-state index in [2.05, 4.69) is 15.0 Å². The molecular weight excluding hydrogens is 295 g/mol. The summed E-state index contributed by atoms with van der Waals surface area (Å²) in [6.45, 7) is 7.10. The number of hydrogen-bond donors (Lipinski definition) is 0. The van der Waals surface area contributed by atoms with Gasteiger partial charge in [-0.15, -0.1) is 0 Å². The molecule has 0 saturated carbocycles. The molecule has 1 aliphatic heterocycles. The largest absolute Gasteiger partial charge is 0.489 e. The Morgan fingerprint density at radius 1 is 1.30 bits per heavy atom. The van der Waals surface area contributed by atoms with E-state index in [0.717, 1.165) is 37.7 Å². The van der Waals surface area contributed by atoms with Crippen molar-refractivity contribution >= 4 is 0 Å². The van der Waals surface area contributed by atoms with Crippen LogP contribution in [0, 0.1) is 19.7 Å². The number of likely N-dealkylation sites (tertiary alicyclic amines) is 1.